The molecule has 1 atom stereocenters. The van der Waals surface area contributed by atoms with Gasteiger partial charge in [-0.2, -0.15) is 0 Å². The van der Waals surface area contributed by atoms with Crippen molar-refractivity contribution >= 4 is 5.91 Å². The maximum atomic E-state index is 13.6. The first-order valence-electron chi connectivity index (χ1n) is 11.8. The molecule has 1 heterocycles. The Labute approximate surface area is 181 Å². The summed E-state index contributed by atoms with van der Waals surface area (Å²) in [7, 11) is 0. The number of halogens is 1. The number of benzene rings is 1. The van der Waals surface area contributed by atoms with Crippen molar-refractivity contribution in [1.29, 1.82) is 0 Å². The minimum absolute atomic E-state index is 0.124. The number of carbonyl (C=O) groups is 1. The average molecular weight is 413 g/mol. The third kappa shape index (κ3) is 5.96. The molecular formula is C26H37FN2O. The molecule has 0 bridgehead atoms. The molecular weight excluding hydrogens is 375 g/mol. The largest absolute Gasteiger partial charge is 0.345 e. The van der Waals surface area contributed by atoms with Crippen LogP contribution in [0.3, 0.4) is 0 Å². The van der Waals surface area contributed by atoms with Gasteiger partial charge in [-0.25, -0.2) is 4.39 Å². The van der Waals surface area contributed by atoms with Crippen LogP contribution in [0.15, 0.2) is 42.6 Å². The summed E-state index contributed by atoms with van der Waals surface area (Å²) in [6, 6.07) is 11.3. The molecule has 4 heteroatoms. The van der Waals surface area contributed by atoms with Gasteiger partial charge in [0.2, 0.25) is 5.91 Å². The first-order valence-corrected chi connectivity index (χ1v) is 11.8. The lowest BCUT2D eigenvalue weighted by molar-refractivity contribution is -0.140. The molecule has 1 aromatic carbocycles. The van der Waals surface area contributed by atoms with E-state index in [1.54, 1.807) is 12.1 Å². The second-order valence-electron chi connectivity index (χ2n) is 8.76. The summed E-state index contributed by atoms with van der Waals surface area (Å²) in [6.45, 7) is 5.60. The van der Waals surface area contributed by atoms with E-state index in [1.165, 1.54) is 25.3 Å². The number of nitrogens with zero attached hydrogens (tertiary/aromatic N) is 2. The smallest absolute Gasteiger partial charge is 0.226 e. The standard InChI is InChI=1S/C26H37FN2O/c1-3-5-12-22(4-2)26(30)29(24-14-7-6-8-15-24)20-25-16-10-17-28(25)19-21-11-9-13-23(27)18-21/h9-11,13,16-18,22,24H,3-8,12,14-15,19-20H2,1-2H3. The summed E-state index contributed by atoms with van der Waals surface area (Å²) >= 11 is 0. The van der Waals surface area contributed by atoms with Crippen LogP contribution in [-0.2, 0) is 17.9 Å². The van der Waals surface area contributed by atoms with Gasteiger partial charge in [-0.15, -0.1) is 0 Å². The van der Waals surface area contributed by atoms with Gasteiger partial charge >= 0.3 is 0 Å². The van der Waals surface area contributed by atoms with Crippen LogP contribution in [0.2, 0.25) is 0 Å². The van der Waals surface area contributed by atoms with Gasteiger partial charge in [0, 0.05) is 30.4 Å². The fourth-order valence-electron chi connectivity index (χ4n) is 4.72. The Bertz CT molecular complexity index is 794. The Morgan fingerprint density at radius 1 is 1.17 bits per heavy atom. The molecule has 1 saturated carbocycles. The zero-order valence-corrected chi connectivity index (χ0v) is 18.7. The molecule has 164 valence electrons. The lowest BCUT2D eigenvalue weighted by Gasteiger charge is -2.37. The highest BCUT2D eigenvalue weighted by atomic mass is 19.1. The third-order valence-electron chi connectivity index (χ3n) is 6.54. The van der Waals surface area contributed by atoms with Crippen LogP contribution in [0, 0.1) is 11.7 Å². The van der Waals surface area contributed by atoms with Crippen molar-refractivity contribution in [2.75, 3.05) is 0 Å². The normalized spacial score (nSPS) is 15.8. The fourth-order valence-corrected chi connectivity index (χ4v) is 4.72. The van der Waals surface area contributed by atoms with Gasteiger partial charge in [-0.1, -0.05) is 58.1 Å². The van der Waals surface area contributed by atoms with Gasteiger partial charge in [0.25, 0.3) is 0 Å². The molecule has 1 aliphatic carbocycles. The first kappa shape index (κ1) is 22.6. The van der Waals surface area contributed by atoms with Gasteiger partial charge in [0.05, 0.1) is 6.54 Å². The lowest BCUT2D eigenvalue weighted by Crippen LogP contribution is -2.44. The fraction of sp³-hybridized carbons (Fsp3) is 0.577. The highest BCUT2D eigenvalue weighted by molar-refractivity contribution is 5.79. The van der Waals surface area contributed by atoms with Gasteiger partial charge in [-0.3, -0.25) is 4.79 Å². The predicted octanol–water partition coefficient (Wildman–Crippen LogP) is 6.55. The number of hydrogen-bond donors (Lipinski definition) is 0. The minimum Gasteiger partial charge on any atom is -0.345 e. The number of carbonyl (C=O) groups excluding carboxylic acids is 1. The van der Waals surface area contributed by atoms with E-state index >= 15 is 0 Å². The predicted molar refractivity (Wildman–Crippen MR) is 121 cm³/mol. The van der Waals surface area contributed by atoms with Crippen molar-refractivity contribution in [2.45, 2.75) is 90.8 Å². The maximum absolute atomic E-state index is 13.6. The van der Waals surface area contributed by atoms with Crippen molar-refractivity contribution in [3.63, 3.8) is 0 Å². The number of rotatable bonds is 10. The summed E-state index contributed by atoms with van der Waals surface area (Å²) in [5.74, 6) is 0.247. The molecule has 0 aliphatic heterocycles. The second kappa shape index (κ2) is 11.3. The van der Waals surface area contributed by atoms with Crippen LogP contribution in [0.25, 0.3) is 0 Å². The lowest BCUT2D eigenvalue weighted by atomic mass is 9.91. The van der Waals surface area contributed by atoms with Crippen LogP contribution >= 0.6 is 0 Å². The molecule has 0 N–H and O–H groups in total. The molecule has 0 spiro atoms. The Morgan fingerprint density at radius 2 is 1.97 bits per heavy atom. The molecule has 30 heavy (non-hydrogen) atoms. The Morgan fingerprint density at radius 3 is 2.67 bits per heavy atom. The Balaban J connectivity index is 1.79. The van der Waals surface area contributed by atoms with Crippen molar-refractivity contribution < 1.29 is 9.18 Å². The molecule has 1 amide bonds. The zero-order chi connectivity index (χ0) is 21.3. The summed E-state index contributed by atoms with van der Waals surface area (Å²) in [5, 5.41) is 0. The molecule has 3 nitrogen and oxygen atoms in total. The second-order valence-corrected chi connectivity index (χ2v) is 8.76. The molecule has 0 saturated heterocycles. The SMILES string of the molecule is CCCCC(CC)C(=O)N(Cc1cccn1Cc1cccc(F)c1)C1CCCCC1. The van der Waals surface area contributed by atoms with E-state index < -0.39 is 0 Å². The van der Waals surface area contributed by atoms with E-state index in [4.69, 9.17) is 0 Å². The third-order valence-corrected chi connectivity index (χ3v) is 6.54. The van der Waals surface area contributed by atoms with Gasteiger partial charge < -0.3 is 9.47 Å². The van der Waals surface area contributed by atoms with Crippen LogP contribution in [0.5, 0.6) is 0 Å². The summed E-state index contributed by atoms with van der Waals surface area (Å²) in [5.41, 5.74) is 2.07. The molecule has 0 radical (unpaired) electrons. The molecule has 3 rings (SSSR count). The van der Waals surface area contributed by atoms with Crippen molar-refractivity contribution in [2.24, 2.45) is 5.92 Å². The van der Waals surface area contributed by atoms with Crippen LogP contribution < -0.4 is 0 Å². The Kier molecular flexibility index (Phi) is 8.53. The van der Waals surface area contributed by atoms with E-state index in [9.17, 15) is 9.18 Å². The van der Waals surface area contributed by atoms with Gasteiger partial charge in [0.1, 0.15) is 5.82 Å². The first-order chi connectivity index (χ1) is 14.6. The van der Waals surface area contributed by atoms with E-state index in [0.29, 0.717) is 25.0 Å². The summed E-state index contributed by atoms with van der Waals surface area (Å²) in [6.07, 6.45) is 12.1. The van der Waals surface area contributed by atoms with Crippen LogP contribution in [0.1, 0.15) is 82.9 Å². The summed E-state index contributed by atoms with van der Waals surface area (Å²) in [4.78, 5) is 15.8. The zero-order valence-electron chi connectivity index (χ0n) is 18.7. The van der Waals surface area contributed by atoms with Crippen molar-refractivity contribution in [1.82, 2.24) is 9.47 Å². The highest BCUT2D eigenvalue weighted by Crippen LogP contribution is 2.28. The van der Waals surface area contributed by atoms with Gasteiger partial charge in [-0.05, 0) is 55.5 Å². The Hall–Kier alpha value is -2.10. The monoisotopic (exact) mass is 412 g/mol. The highest BCUT2D eigenvalue weighted by Gasteiger charge is 2.30. The van der Waals surface area contributed by atoms with Gasteiger partial charge in [0.15, 0.2) is 0 Å². The quantitative estimate of drug-likeness (QED) is 0.434. The number of unbranched alkanes of at least 4 members (excludes halogenated alkanes) is 1. The van der Waals surface area contributed by atoms with Crippen molar-refractivity contribution in [3.05, 3.63) is 59.7 Å². The molecule has 1 aromatic heterocycles. The topological polar surface area (TPSA) is 25.2 Å². The van der Waals surface area contributed by atoms with Crippen LogP contribution in [0.4, 0.5) is 4.39 Å². The molecule has 1 unspecified atom stereocenters. The van der Waals surface area contributed by atoms with E-state index in [-0.39, 0.29) is 11.7 Å². The van der Waals surface area contributed by atoms with Crippen molar-refractivity contribution in [3.8, 4) is 0 Å². The van der Waals surface area contributed by atoms with E-state index in [2.05, 4.69) is 29.4 Å². The molecule has 1 aliphatic rings. The minimum atomic E-state index is -0.207. The summed E-state index contributed by atoms with van der Waals surface area (Å²) < 4.78 is 15.8. The number of aromatic nitrogens is 1. The van der Waals surface area contributed by atoms with Crippen LogP contribution in [-0.4, -0.2) is 21.4 Å². The molecule has 1 fully saturated rings. The van der Waals surface area contributed by atoms with E-state index in [0.717, 1.165) is 49.8 Å². The number of hydrogen-bond acceptors (Lipinski definition) is 1. The maximum Gasteiger partial charge on any atom is 0.226 e. The molecule has 2 aromatic rings. The van der Waals surface area contributed by atoms with E-state index in [1.807, 2.05) is 18.3 Å². The average Bonchev–Trinajstić information content (AvgIpc) is 3.19. The number of amides is 1.